The van der Waals surface area contributed by atoms with Crippen molar-refractivity contribution in [2.45, 2.75) is 25.8 Å². The number of benzene rings is 3. The number of piperidine rings is 1. The number of nitrogens with zero attached hydrogens (tertiary/aromatic N) is 3. The Kier molecular flexibility index (Phi) is 6.44. The molecule has 35 heavy (non-hydrogen) atoms. The van der Waals surface area contributed by atoms with Gasteiger partial charge in [-0.2, -0.15) is 5.10 Å². The van der Waals surface area contributed by atoms with Crippen LogP contribution in [0, 0.1) is 6.92 Å². The molecule has 1 fully saturated rings. The number of hydrogen-bond donors (Lipinski definition) is 1. The first-order chi connectivity index (χ1) is 17.1. The quantitative estimate of drug-likeness (QED) is 0.458. The zero-order chi connectivity index (χ0) is 24.2. The number of carbonyl (C=O) groups is 2. The van der Waals surface area contributed by atoms with Crippen molar-refractivity contribution in [3.8, 4) is 16.9 Å². The minimum absolute atomic E-state index is 0.00366. The number of aromatic nitrogens is 2. The molecule has 1 aliphatic rings. The molecular formula is C29H28N4O2. The van der Waals surface area contributed by atoms with E-state index in [-0.39, 0.29) is 17.9 Å². The van der Waals surface area contributed by atoms with Crippen molar-refractivity contribution < 1.29 is 9.59 Å². The number of hydrogen-bond acceptors (Lipinski definition) is 3. The van der Waals surface area contributed by atoms with Gasteiger partial charge in [-0.15, -0.1) is 0 Å². The van der Waals surface area contributed by atoms with Crippen molar-refractivity contribution in [3.63, 3.8) is 0 Å². The summed E-state index contributed by atoms with van der Waals surface area (Å²) in [6.45, 7) is 3.16. The van der Waals surface area contributed by atoms with Gasteiger partial charge in [-0.25, -0.2) is 4.68 Å². The minimum atomic E-state index is -0.0472. The van der Waals surface area contributed by atoms with Gasteiger partial charge in [0.15, 0.2) is 0 Å². The molecule has 176 valence electrons. The van der Waals surface area contributed by atoms with E-state index in [1.807, 2.05) is 101 Å². The van der Waals surface area contributed by atoms with Crippen molar-refractivity contribution in [1.29, 1.82) is 0 Å². The summed E-state index contributed by atoms with van der Waals surface area (Å²) in [5.41, 5.74) is 5.19. The first-order valence-corrected chi connectivity index (χ1v) is 12.0. The molecule has 1 saturated heterocycles. The van der Waals surface area contributed by atoms with Crippen LogP contribution >= 0.6 is 0 Å². The van der Waals surface area contributed by atoms with E-state index in [2.05, 4.69) is 10.4 Å². The second-order valence-corrected chi connectivity index (χ2v) is 8.90. The molecule has 2 heterocycles. The van der Waals surface area contributed by atoms with Crippen LogP contribution in [0.1, 0.15) is 39.1 Å². The summed E-state index contributed by atoms with van der Waals surface area (Å²) in [5, 5.41) is 7.63. The fourth-order valence-electron chi connectivity index (χ4n) is 4.61. The molecular weight excluding hydrogens is 436 g/mol. The average molecular weight is 465 g/mol. The topological polar surface area (TPSA) is 67.2 Å². The average Bonchev–Trinajstić information content (AvgIpc) is 3.40. The van der Waals surface area contributed by atoms with E-state index in [0.717, 1.165) is 35.3 Å². The number of nitrogens with one attached hydrogen (secondary N) is 1. The SMILES string of the molecule is Cc1ccccc1C(=O)NC1CCN(C(=O)c2cccc(-n3nccc3-c3ccccc3)c2)CC1. The van der Waals surface area contributed by atoms with Gasteiger partial charge < -0.3 is 10.2 Å². The number of carbonyl (C=O) groups excluding carboxylic acids is 2. The zero-order valence-electron chi connectivity index (χ0n) is 19.7. The maximum atomic E-state index is 13.3. The van der Waals surface area contributed by atoms with Gasteiger partial charge in [-0.05, 0) is 55.7 Å². The molecule has 0 radical (unpaired) electrons. The maximum Gasteiger partial charge on any atom is 0.253 e. The Labute approximate surface area is 205 Å². The van der Waals surface area contributed by atoms with Gasteiger partial charge in [0.2, 0.25) is 0 Å². The molecule has 1 aliphatic heterocycles. The lowest BCUT2D eigenvalue weighted by molar-refractivity contribution is 0.0698. The molecule has 0 bridgehead atoms. The molecule has 6 heteroatoms. The van der Waals surface area contributed by atoms with E-state index in [1.165, 1.54) is 0 Å². The monoisotopic (exact) mass is 464 g/mol. The van der Waals surface area contributed by atoms with Crippen LogP contribution in [0.25, 0.3) is 16.9 Å². The fraction of sp³-hybridized carbons (Fsp3) is 0.207. The molecule has 0 saturated carbocycles. The van der Waals surface area contributed by atoms with E-state index in [4.69, 9.17) is 0 Å². The van der Waals surface area contributed by atoms with E-state index in [0.29, 0.717) is 24.2 Å². The van der Waals surface area contributed by atoms with Gasteiger partial charge >= 0.3 is 0 Å². The predicted molar refractivity (Wildman–Crippen MR) is 137 cm³/mol. The van der Waals surface area contributed by atoms with Crippen LogP contribution in [-0.4, -0.2) is 45.6 Å². The van der Waals surface area contributed by atoms with Gasteiger partial charge in [-0.1, -0.05) is 54.6 Å². The lowest BCUT2D eigenvalue weighted by Crippen LogP contribution is -2.46. The van der Waals surface area contributed by atoms with Crippen LogP contribution in [0.3, 0.4) is 0 Å². The number of rotatable bonds is 5. The van der Waals surface area contributed by atoms with Gasteiger partial charge in [0.1, 0.15) is 0 Å². The fourth-order valence-corrected chi connectivity index (χ4v) is 4.61. The summed E-state index contributed by atoms with van der Waals surface area (Å²) >= 11 is 0. The normalized spacial score (nSPS) is 14.0. The van der Waals surface area contributed by atoms with Crippen molar-refractivity contribution in [3.05, 3.63) is 108 Å². The molecule has 5 rings (SSSR count). The molecule has 1 aromatic heterocycles. The lowest BCUT2D eigenvalue weighted by Gasteiger charge is -2.32. The second kappa shape index (κ2) is 9.97. The van der Waals surface area contributed by atoms with E-state index >= 15 is 0 Å². The minimum Gasteiger partial charge on any atom is -0.349 e. The van der Waals surface area contributed by atoms with E-state index in [1.54, 1.807) is 6.20 Å². The van der Waals surface area contributed by atoms with Gasteiger partial charge in [0.05, 0.1) is 17.6 Å². The molecule has 0 atom stereocenters. The first kappa shape index (κ1) is 22.6. The number of aryl methyl sites for hydroxylation is 1. The summed E-state index contributed by atoms with van der Waals surface area (Å²) in [6, 6.07) is 27.3. The first-order valence-electron chi connectivity index (χ1n) is 12.0. The van der Waals surface area contributed by atoms with Crippen LogP contribution in [0.15, 0.2) is 91.1 Å². The van der Waals surface area contributed by atoms with Crippen LogP contribution in [0.4, 0.5) is 0 Å². The van der Waals surface area contributed by atoms with Crippen molar-refractivity contribution in [2.75, 3.05) is 13.1 Å². The number of amides is 2. The molecule has 1 N–H and O–H groups in total. The van der Waals surface area contributed by atoms with Gasteiger partial charge in [0.25, 0.3) is 11.8 Å². The summed E-state index contributed by atoms with van der Waals surface area (Å²) in [4.78, 5) is 27.8. The van der Waals surface area contributed by atoms with E-state index in [9.17, 15) is 9.59 Å². The highest BCUT2D eigenvalue weighted by Crippen LogP contribution is 2.23. The maximum absolute atomic E-state index is 13.3. The molecule has 0 unspecified atom stereocenters. The molecule has 0 aliphatic carbocycles. The summed E-state index contributed by atoms with van der Waals surface area (Å²) in [7, 11) is 0. The molecule has 3 aromatic carbocycles. The molecule has 6 nitrogen and oxygen atoms in total. The van der Waals surface area contributed by atoms with Crippen LogP contribution in [-0.2, 0) is 0 Å². The Morgan fingerprint density at radius 1 is 0.886 bits per heavy atom. The highest BCUT2D eigenvalue weighted by Gasteiger charge is 2.25. The van der Waals surface area contributed by atoms with Gasteiger partial charge in [-0.3, -0.25) is 9.59 Å². The predicted octanol–water partition coefficient (Wildman–Crippen LogP) is 4.88. The summed E-state index contributed by atoms with van der Waals surface area (Å²) in [5.74, 6) is -0.0435. The Bertz CT molecular complexity index is 1340. The zero-order valence-corrected chi connectivity index (χ0v) is 19.7. The standard InChI is InChI=1S/C29H28N4O2/c1-21-8-5-6-13-26(21)28(34)31-24-15-18-32(19-16-24)29(35)23-11-7-12-25(20-23)33-27(14-17-30-33)22-9-3-2-4-10-22/h2-14,17,20,24H,15-16,18-19H2,1H3,(H,31,34). The highest BCUT2D eigenvalue weighted by molar-refractivity contribution is 5.96. The smallest absolute Gasteiger partial charge is 0.253 e. The Hall–Kier alpha value is -4.19. The van der Waals surface area contributed by atoms with Crippen molar-refractivity contribution in [1.82, 2.24) is 20.0 Å². The number of likely N-dealkylation sites (tertiary alicyclic amines) is 1. The second-order valence-electron chi connectivity index (χ2n) is 8.90. The molecule has 2 amide bonds. The van der Waals surface area contributed by atoms with E-state index < -0.39 is 0 Å². The largest absolute Gasteiger partial charge is 0.349 e. The third-order valence-electron chi connectivity index (χ3n) is 6.56. The summed E-state index contributed by atoms with van der Waals surface area (Å²) in [6.07, 6.45) is 3.24. The molecule has 0 spiro atoms. The van der Waals surface area contributed by atoms with Crippen molar-refractivity contribution in [2.24, 2.45) is 0 Å². The lowest BCUT2D eigenvalue weighted by atomic mass is 10.0. The highest BCUT2D eigenvalue weighted by atomic mass is 16.2. The third kappa shape index (κ3) is 4.87. The van der Waals surface area contributed by atoms with Crippen LogP contribution < -0.4 is 5.32 Å². The summed E-state index contributed by atoms with van der Waals surface area (Å²) < 4.78 is 1.86. The Balaban J connectivity index is 1.25. The van der Waals surface area contributed by atoms with Crippen LogP contribution in [0.5, 0.6) is 0 Å². The Morgan fingerprint density at radius 3 is 2.40 bits per heavy atom. The third-order valence-corrected chi connectivity index (χ3v) is 6.56. The van der Waals surface area contributed by atoms with Crippen LogP contribution in [0.2, 0.25) is 0 Å². The van der Waals surface area contributed by atoms with Gasteiger partial charge in [0, 0.05) is 35.8 Å². The molecule has 4 aromatic rings. The Morgan fingerprint density at radius 2 is 1.63 bits per heavy atom. The van der Waals surface area contributed by atoms with Crippen molar-refractivity contribution >= 4 is 11.8 Å².